The summed E-state index contributed by atoms with van der Waals surface area (Å²) in [6.07, 6.45) is 47.2. The molecular formula is C36H68BF4OP2Pd-. The van der Waals surface area contributed by atoms with Gasteiger partial charge < -0.3 is 22.7 Å². The van der Waals surface area contributed by atoms with Gasteiger partial charge in [-0.05, 0) is 111 Å². The molecule has 0 amide bonds. The second kappa shape index (κ2) is 23.6. The summed E-state index contributed by atoms with van der Waals surface area (Å²) < 4.78 is 39.0. The maximum absolute atomic E-state index is 9.75. The fraction of sp³-hybridized carbons (Fsp3) is 1.00. The summed E-state index contributed by atoms with van der Waals surface area (Å²) in [6, 6.07) is 0. The predicted molar refractivity (Wildman–Crippen MR) is 189 cm³/mol. The molecule has 0 aliphatic heterocycles. The Morgan fingerprint density at radius 1 is 0.289 bits per heavy atom. The first-order valence-corrected chi connectivity index (χ1v) is 22.4. The van der Waals surface area contributed by atoms with Gasteiger partial charge in [0.05, 0.1) is 0 Å². The summed E-state index contributed by atoms with van der Waals surface area (Å²) in [6.45, 7) is 0. The molecule has 0 aromatic heterocycles. The van der Waals surface area contributed by atoms with Crippen molar-refractivity contribution in [2.45, 2.75) is 227 Å². The first-order chi connectivity index (χ1) is 20.9. The normalized spacial score (nSPS) is 25.7. The molecule has 45 heavy (non-hydrogen) atoms. The van der Waals surface area contributed by atoms with Crippen molar-refractivity contribution in [1.29, 1.82) is 0 Å². The molecule has 6 saturated carbocycles. The van der Waals surface area contributed by atoms with Crippen molar-refractivity contribution in [3.05, 3.63) is 0 Å². The van der Waals surface area contributed by atoms with Crippen LogP contribution in [0.1, 0.15) is 193 Å². The summed E-state index contributed by atoms with van der Waals surface area (Å²) >= 11 is 0. The zero-order valence-corrected chi connectivity index (χ0v) is 31.8. The summed E-state index contributed by atoms with van der Waals surface area (Å²) in [5.41, 5.74) is 7.14. The van der Waals surface area contributed by atoms with Crippen molar-refractivity contribution in [2.75, 3.05) is 0 Å². The maximum Gasteiger partial charge on any atom is 0.673 e. The molecule has 6 fully saturated rings. The van der Waals surface area contributed by atoms with Gasteiger partial charge in [-0.2, -0.15) is 0 Å². The second-order valence-electron chi connectivity index (χ2n) is 15.1. The van der Waals surface area contributed by atoms with E-state index in [2.05, 4.69) is 0 Å². The van der Waals surface area contributed by atoms with Gasteiger partial charge >= 0.3 is 7.25 Å². The van der Waals surface area contributed by atoms with Crippen molar-refractivity contribution >= 4 is 23.1 Å². The third kappa shape index (κ3) is 15.8. The largest absolute Gasteiger partial charge is 0.673 e. The van der Waals surface area contributed by atoms with Crippen LogP contribution in [0.5, 0.6) is 0 Å². The molecule has 270 valence electrons. The average molecular weight is 772 g/mol. The van der Waals surface area contributed by atoms with E-state index in [9.17, 15) is 17.3 Å². The zero-order valence-electron chi connectivity index (χ0n) is 28.5. The van der Waals surface area contributed by atoms with Gasteiger partial charge in [0.2, 0.25) is 0 Å². The SMILES string of the molecule is C1CCC(P(C2CCCCC2)C2CCCCC2)CC1.C1CCC(P(C2CCCCC2)C2CCCCC2)CC1.F[B-](F)(F)F.O.[Pd]. The minimum atomic E-state index is -6.00. The average Bonchev–Trinajstić information content (AvgIpc) is 3.04. The smallest absolute Gasteiger partial charge is 0.418 e. The monoisotopic (exact) mass is 771 g/mol. The Kier molecular flexibility index (Phi) is 22.3. The van der Waals surface area contributed by atoms with Crippen LogP contribution in [0.15, 0.2) is 0 Å². The standard InChI is InChI=1S/2C18H33P.BF4.H2O.Pd/c2*1-4-10-16(11-5-1)19(17-12-6-2-7-13-17)18-14-8-3-9-15-18;2-1(3,4)5;;/h2*16-18H,1-15H2;;1H2;/q;;-1;;. The molecule has 1 nitrogen and oxygen atoms in total. The fourth-order valence-corrected chi connectivity index (χ4v) is 19.4. The first kappa shape index (κ1) is 42.4. The number of hydrogen-bond acceptors (Lipinski definition) is 0. The van der Waals surface area contributed by atoms with E-state index in [0.29, 0.717) is 15.8 Å². The molecule has 0 unspecified atom stereocenters. The third-order valence-corrected chi connectivity index (χ3v) is 20.1. The van der Waals surface area contributed by atoms with Crippen LogP contribution in [0.4, 0.5) is 17.3 Å². The van der Waals surface area contributed by atoms with Crippen LogP contribution in [0.2, 0.25) is 0 Å². The Bertz CT molecular complexity index is 569. The molecule has 6 rings (SSSR count). The van der Waals surface area contributed by atoms with E-state index in [1.165, 1.54) is 72.5 Å². The molecular weight excluding hydrogens is 704 g/mol. The quantitative estimate of drug-likeness (QED) is 0.146. The van der Waals surface area contributed by atoms with E-state index in [-0.39, 0.29) is 25.9 Å². The molecule has 0 aromatic carbocycles. The van der Waals surface area contributed by atoms with Gasteiger partial charge in [-0.1, -0.05) is 131 Å². The Labute approximate surface area is 291 Å². The van der Waals surface area contributed by atoms with E-state index in [0.717, 1.165) is 0 Å². The Morgan fingerprint density at radius 2 is 0.400 bits per heavy atom. The van der Waals surface area contributed by atoms with Crippen LogP contribution >= 0.6 is 15.8 Å². The first-order valence-electron chi connectivity index (χ1n) is 19.3. The van der Waals surface area contributed by atoms with Crippen molar-refractivity contribution in [1.82, 2.24) is 0 Å². The van der Waals surface area contributed by atoms with E-state index in [4.69, 9.17) is 0 Å². The van der Waals surface area contributed by atoms with Gasteiger partial charge in [0, 0.05) is 20.4 Å². The molecule has 0 atom stereocenters. The molecule has 2 N–H and O–H groups in total. The van der Waals surface area contributed by atoms with Crippen molar-refractivity contribution in [2.24, 2.45) is 0 Å². The molecule has 0 bridgehead atoms. The molecule has 6 aliphatic rings. The van der Waals surface area contributed by atoms with Gasteiger partial charge in [-0.15, -0.1) is 0 Å². The van der Waals surface area contributed by atoms with Crippen molar-refractivity contribution in [3.63, 3.8) is 0 Å². The van der Waals surface area contributed by atoms with Crippen LogP contribution in [-0.2, 0) is 20.4 Å². The second-order valence-corrected chi connectivity index (χ2v) is 21.3. The molecule has 6 aliphatic carbocycles. The molecule has 9 heteroatoms. The molecule has 0 aromatic rings. The van der Waals surface area contributed by atoms with E-state index < -0.39 is 7.25 Å². The summed E-state index contributed by atoms with van der Waals surface area (Å²) in [4.78, 5) is 0. The molecule has 0 saturated heterocycles. The minimum Gasteiger partial charge on any atom is -0.418 e. The number of halogens is 4. The zero-order chi connectivity index (χ0) is 30.3. The minimum absolute atomic E-state index is 0. The van der Waals surface area contributed by atoms with Gasteiger partial charge in [-0.25, -0.2) is 0 Å². The molecule has 0 heterocycles. The fourth-order valence-electron chi connectivity index (χ4n) is 10.1. The number of hydrogen-bond donors (Lipinski definition) is 0. The third-order valence-electron chi connectivity index (χ3n) is 12.0. The van der Waals surface area contributed by atoms with Gasteiger partial charge in [0.15, 0.2) is 0 Å². The predicted octanol–water partition coefficient (Wildman–Crippen LogP) is 13.4. The van der Waals surface area contributed by atoms with Crippen molar-refractivity contribution < 1.29 is 43.2 Å². The Hall–Kier alpha value is 1.27. The van der Waals surface area contributed by atoms with Crippen LogP contribution in [0.25, 0.3) is 0 Å². The van der Waals surface area contributed by atoms with Gasteiger partial charge in [0.25, 0.3) is 0 Å². The van der Waals surface area contributed by atoms with E-state index in [1.807, 2.05) is 0 Å². The van der Waals surface area contributed by atoms with Gasteiger partial charge in [0.1, 0.15) is 0 Å². The van der Waals surface area contributed by atoms with E-state index >= 15 is 0 Å². The van der Waals surface area contributed by atoms with Gasteiger partial charge in [-0.3, -0.25) is 0 Å². The van der Waals surface area contributed by atoms with Crippen LogP contribution in [0, 0.1) is 0 Å². The number of rotatable bonds is 6. The Morgan fingerprint density at radius 3 is 0.511 bits per heavy atom. The topological polar surface area (TPSA) is 31.5 Å². The molecule has 0 spiro atoms. The molecule has 0 radical (unpaired) electrons. The maximum atomic E-state index is 9.75. The van der Waals surface area contributed by atoms with Crippen LogP contribution in [-0.4, -0.2) is 46.7 Å². The van der Waals surface area contributed by atoms with Crippen molar-refractivity contribution in [3.8, 4) is 0 Å². The van der Waals surface area contributed by atoms with Crippen LogP contribution in [0.3, 0.4) is 0 Å². The van der Waals surface area contributed by atoms with Crippen LogP contribution < -0.4 is 0 Å². The summed E-state index contributed by atoms with van der Waals surface area (Å²) in [5, 5.41) is 0. The summed E-state index contributed by atoms with van der Waals surface area (Å²) in [5.74, 6) is 0. The summed E-state index contributed by atoms with van der Waals surface area (Å²) in [7, 11) is -5.23. The van der Waals surface area contributed by atoms with E-state index in [1.54, 1.807) is 154 Å². The Balaban J connectivity index is 0.000000263.